The van der Waals surface area contributed by atoms with Gasteiger partial charge in [-0.2, -0.15) is 5.10 Å². The van der Waals surface area contributed by atoms with Gasteiger partial charge in [-0.3, -0.25) is 4.99 Å². The van der Waals surface area contributed by atoms with E-state index in [4.69, 9.17) is 16.6 Å². The predicted octanol–water partition coefficient (Wildman–Crippen LogP) is 2.57. The fourth-order valence-corrected chi connectivity index (χ4v) is 2.59. The number of hydrazone groups is 1. The number of aryl methyl sites for hydroxylation is 1. The van der Waals surface area contributed by atoms with Gasteiger partial charge in [-0.15, -0.1) is 0 Å². The SMILES string of the molecule is C=C\C=C(/C=C(C)/C=N\N)Nc1nc(-c2cccc(N)c2)cn(C)c1=NC. The van der Waals surface area contributed by atoms with E-state index in [2.05, 4.69) is 22.0 Å². The molecular formula is C20H25N7. The van der Waals surface area contributed by atoms with Gasteiger partial charge in [0.25, 0.3) is 0 Å². The Bertz CT molecular complexity index is 978. The van der Waals surface area contributed by atoms with E-state index in [0.717, 1.165) is 22.5 Å². The molecule has 0 aliphatic carbocycles. The second-order valence-corrected chi connectivity index (χ2v) is 5.91. The standard InChI is InChI=1S/C20H25N7/c1-5-7-17(10-14(2)12-24-22)25-19-20(23-3)27(4)13-18(26-19)15-8-6-9-16(21)11-15/h5-13H,1,21-22H2,2-4H3,(H,25,26)/b14-10+,17-7+,23-20?,24-12-. The van der Waals surface area contributed by atoms with Crippen molar-refractivity contribution in [2.45, 2.75) is 6.92 Å². The van der Waals surface area contributed by atoms with E-state index >= 15 is 0 Å². The summed E-state index contributed by atoms with van der Waals surface area (Å²) in [6, 6.07) is 7.60. The zero-order chi connectivity index (χ0) is 19.8. The van der Waals surface area contributed by atoms with Crippen LogP contribution in [-0.2, 0) is 7.05 Å². The lowest BCUT2D eigenvalue weighted by molar-refractivity contribution is 0.816. The second-order valence-electron chi connectivity index (χ2n) is 5.91. The largest absolute Gasteiger partial charge is 0.399 e. The van der Waals surface area contributed by atoms with Gasteiger partial charge in [0.05, 0.1) is 5.69 Å². The van der Waals surface area contributed by atoms with E-state index in [9.17, 15) is 0 Å². The lowest BCUT2D eigenvalue weighted by atomic mass is 10.1. The molecule has 140 valence electrons. The molecule has 0 bridgehead atoms. The molecule has 27 heavy (non-hydrogen) atoms. The Morgan fingerprint density at radius 2 is 2.15 bits per heavy atom. The van der Waals surface area contributed by atoms with Crippen molar-refractivity contribution in [2.75, 3.05) is 18.1 Å². The summed E-state index contributed by atoms with van der Waals surface area (Å²) in [4.78, 5) is 9.09. The van der Waals surface area contributed by atoms with E-state index in [1.54, 1.807) is 19.3 Å². The molecule has 0 aliphatic heterocycles. The summed E-state index contributed by atoms with van der Waals surface area (Å²) in [5.41, 5.74) is 10.7. The van der Waals surface area contributed by atoms with Crippen molar-refractivity contribution in [2.24, 2.45) is 23.0 Å². The van der Waals surface area contributed by atoms with E-state index in [-0.39, 0.29) is 0 Å². The highest BCUT2D eigenvalue weighted by atomic mass is 15.1. The fraction of sp³-hybridized carbons (Fsp3) is 0.150. The predicted molar refractivity (Wildman–Crippen MR) is 113 cm³/mol. The number of nitrogens with two attached hydrogens (primary N) is 2. The van der Waals surface area contributed by atoms with Crippen LogP contribution in [0.25, 0.3) is 11.3 Å². The maximum Gasteiger partial charge on any atom is 0.174 e. The summed E-state index contributed by atoms with van der Waals surface area (Å²) >= 11 is 0. The van der Waals surface area contributed by atoms with Crippen molar-refractivity contribution < 1.29 is 0 Å². The van der Waals surface area contributed by atoms with Crippen molar-refractivity contribution in [1.29, 1.82) is 0 Å². The molecule has 2 rings (SSSR count). The molecule has 0 fully saturated rings. The number of benzene rings is 1. The molecule has 0 saturated heterocycles. The number of nitrogens with one attached hydrogen (secondary N) is 1. The average molecular weight is 363 g/mol. The smallest absolute Gasteiger partial charge is 0.174 e. The highest BCUT2D eigenvalue weighted by molar-refractivity contribution is 5.78. The Balaban J connectivity index is 2.56. The first kappa shape index (κ1) is 19.7. The summed E-state index contributed by atoms with van der Waals surface area (Å²) in [5.74, 6) is 5.83. The molecule has 1 heterocycles. The third-order valence-corrected chi connectivity index (χ3v) is 3.71. The average Bonchev–Trinajstić information content (AvgIpc) is 2.62. The second kappa shape index (κ2) is 9.19. The van der Waals surface area contributed by atoms with E-state index in [1.807, 2.05) is 61.2 Å². The number of nitrogens with zero attached hydrogens (tertiary/aromatic N) is 4. The molecule has 0 unspecified atom stereocenters. The van der Waals surface area contributed by atoms with Crippen LogP contribution in [0, 0.1) is 0 Å². The third-order valence-electron chi connectivity index (χ3n) is 3.71. The maximum atomic E-state index is 5.91. The van der Waals surface area contributed by atoms with Crippen LogP contribution >= 0.6 is 0 Å². The van der Waals surface area contributed by atoms with E-state index in [1.165, 1.54) is 0 Å². The van der Waals surface area contributed by atoms with E-state index in [0.29, 0.717) is 17.0 Å². The lowest BCUT2D eigenvalue weighted by Crippen LogP contribution is -2.24. The number of allylic oxidation sites excluding steroid dienone is 4. The summed E-state index contributed by atoms with van der Waals surface area (Å²) < 4.78 is 1.91. The first-order chi connectivity index (χ1) is 13.0. The van der Waals surface area contributed by atoms with Crippen LogP contribution in [0.1, 0.15) is 6.92 Å². The van der Waals surface area contributed by atoms with Gasteiger partial charge in [0.1, 0.15) is 0 Å². The van der Waals surface area contributed by atoms with Crippen LogP contribution in [-0.4, -0.2) is 22.8 Å². The first-order valence-corrected chi connectivity index (χ1v) is 8.36. The minimum atomic E-state index is 0.613. The monoisotopic (exact) mass is 363 g/mol. The minimum absolute atomic E-state index is 0.613. The Labute approximate surface area is 159 Å². The molecule has 7 nitrogen and oxygen atoms in total. The lowest BCUT2D eigenvalue weighted by Gasteiger charge is -2.13. The molecule has 0 spiro atoms. The van der Waals surface area contributed by atoms with Crippen LogP contribution < -0.4 is 22.4 Å². The highest BCUT2D eigenvalue weighted by Crippen LogP contribution is 2.20. The van der Waals surface area contributed by atoms with Crippen LogP contribution in [0.15, 0.2) is 76.6 Å². The van der Waals surface area contributed by atoms with Gasteiger partial charge in [-0.1, -0.05) is 24.8 Å². The zero-order valence-electron chi connectivity index (χ0n) is 15.8. The number of nitrogen functional groups attached to an aromatic ring is 1. The van der Waals surface area contributed by atoms with Crippen molar-refractivity contribution >= 4 is 17.7 Å². The molecule has 7 heteroatoms. The normalized spacial score (nSPS) is 13.2. The number of hydrogen-bond acceptors (Lipinski definition) is 6. The minimum Gasteiger partial charge on any atom is -0.399 e. The van der Waals surface area contributed by atoms with Crippen molar-refractivity contribution in [1.82, 2.24) is 9.55 Å². The van der Waals surface area contributed by atoms with Crippen molar-refractivity contribution in [3.8, 4) is 11.3 Å². The van der Waals surface area contributed by atoms with Crippen LogP contribution in [0.4, 0.5) is 11.5 Å². The number of anilines is 2. The Kier molecular flexibility index (Phi) is 6.71. The quantitative estimate of drug-likeness (QED) is 0.241. The van der Waals surface area contributed by atoms with Gasteiger partial charge in [-0.05, 0) is 36.8 Å². The summed E-state index contributed by atoms with van der Waals surface area (Å²) in [6.07, 6.45) is 8.91. The van der Waals surface area contributed by atoms with Crippen LogP contribution in [0.2, 0.25) is 0 Å². The Morgan fingerprint density at radius 3 is 2.78 bits per heavy atom. The fourth-order valence-electron chi connectivity index (χ4n) is 2.59. The highest BCUT2D eigenvalue weighted by Gasteiger charge is 2.08. The Hall–Kier alpha value is -3.61. The van der Waals surface area contributed by atoms with Crippen molar-refractivity contribution in [3.05, 3.63) is 72.0 Å². The molecule has 0 amide bonds. The molecule has 1 aromatic heterocycles. The van der Waals surface area contributed by atoms with Gasteiger partial charge >= 0.3 is 0 Å². The molecule has 2 aromatic rings. The van der Waals surface area contributed by atoms with Gasteiger partial charge in [0.2, 0.25) is 0 Å². The van der Waals surface area contributed by atoms with Gasteiger partial charge < -0.3 is 21.5 Å². The van der Waals surface area contributed by atoms with Crippen LogP contribution in [0.5, 0.6) is 0 Å². The summed E-state index contributed by atoms with van der Waals surface area (Å²) in [5, 5.41) is 6.85. The van der Waals surface area contributed by atoms with E-state index < -0.39 is 0 Å². The third kappa shape index (κ3) is 5.18. The van der Waals surface area contributed by atoms with Crippen molar-refractivity contribution in [3.63, 3.8) is 0 Å². The molecule has 0 atom stereocenters. The number of rotatable bonds is 6. The molecule has 0 aliphatic rings. The molecule has 0 saturated carbocycles. The maximum absolute atomic E-state index is 5.91. The zero-order valence-corrected chi connectivity index (χ0v) is 15.8. The topological polar surface area (TPSA) is 107 Å². The molecule has 0 radical (unpaired) electrons. The summed E-state index contributed by atoms with van der Waals surface area (Å²) in [7, 11) is 3.64. The van der Waals surface area contributed by atoms with Gasteiger partial charge in [-0.25, -0.2) is 4.98 Å². The van der Waals surface area contributed by atoms with Gasteiger partial charge in [0.15, 0.2) is 11.3 Å². The number of hydrogen-bond donors (Lipinski definition) is 3. The van der Waals surface area contributed by atoms with Gasteiger partial charge in [0, 0.05) is 43.5 Å². The molecule has 5 N–H and O–H groups in total. The molecular weight excluding hydrogens is 338 g/mol. The van der Waals surface area contributed by atoms with Crippen LogP contribution in [0.3, 0.4) is 0 Å². The Morgan fingerprint density at radius 1 is 1.37 bits per heavy atom. The molecule has 1 aromatic carbocycles. The first-order valence-electron chi connectivity index (χ1n) is 8.36. The summed E-state index contributed by atoms with van der Waals surface area (Å²) in [6.45, 7) is 5.66. The number of aromatic nitrogens is 2.